The van der Waals surface area contributed by atoms with Crippen LogP contribution in [0.1, 0.15) is 0 Å². The predicted molar refractivity (Wildman–Crippen MR) is 197 cm³/mol. The molecule has 1 heterocycles. The molecule has 3 heteroatoms. The van der Waals surface area contributed by atoms with E-state index in [1.807, 2.05) is 48.5 Å². The summed E-state index contributed by atoms with van der Waals surface area (Å²) in [7, 11) is -3.17. The van der Waals surface area contributed by atoms with Crippen LogP contribution in [-0.4, -0.2) is 4.98 Å². The summed E-state index contributed by atoms with van der Waals surface area (Å²) in [6.07, 6.45) is 0. The smallest absolute Gasteiger partial charge is 0.171 e. The van der Waals surface area contributed by atoms with E-state index in [9.17, 15) is 0 Å². The Morgan fingerprint density at radius 3 is 1.48 bits per heavy atom. The molecule has 0 aliphatic heterocycles. The zero-order valence-corrected chi connectivity index (χ0v) is 25.9. The van der Waals surface area contributed by atoms with Gasteiger partial charge >= 0.3 is 0 Å². The number of hydrogen-bond donors (Lipinski definition) is 0. The molecule has 0 radical (unpaired) electrons. The molecular formula is C43H28NOP. The maximum Gasteiger partial charge on any atom is 0.171 e. The second-order valence-electron chi connectivity index (χ2n) is 11.9. The molecule has 216 valence electrons. The molecule has 0 spiro atoms. The van der Waals surface area contributed by atoms with Crippen molar-refractivity contribution in [3.8, 4) is 11.1 Å². The summed E-state index contributed by atoms with van der Waals surface area (Å²) >= 11 is 0. The first kappa shape index (κ1) is 26.8. The number of pyridine rings is 1. The van der Waals surface area contributed by atoms with Gasteiger partial charge in [0.2, 0.25) is 0 Å². The molecule has 0 N–H and O–H groups in total. The minimum atomic E-state index is -3.17. The first-order valence-corrected chi connectivity index (χ1v) is 17.3. The molecule has 2 nitrogen and oxygen atoms in total. The van der Waals surface area contributed by atoms with E-state index in [0.29, 0.717) is 0 Å². The number of rotatable bonds is 4. The van der Waals surface area contributed by atoms with Crippen molar-refractivity contribution >= 4 is 77.2 Å². The summed E-state index contributed by atoms with van der Waals surface area (Å²) in [6.45, 7) is 0. The Balaban J connectivity index is 1.30. The minimum Gasteiger partial charge on any atom is -0.309 e. The molecule has 0 aliphatic rings. The van der Waals surface area contributed by atoms with Crippen LogP contribution in [0.3, 0.4) is 0 Å². The standard InChI is InChI=1S/C43H28NOP/c45-46(34-14-2-1-3-15-34,36-25-18-29-10-4-5-13-33(29)28-36)35-23-19-32(20-24-35)41-39-26-21-30-11-6-8-16-37(30)42(39)44-43-38-17-9-7-12-31(38)22-27-40(41)43/h1-28H. The maximum absolute atomic E-state index is 15.4. The van der Waals surface area contributed by atoms with Crippen LogP contribution in [0, 0.1) is 0 Å². The summed E-state index contributed by atoms with van der Waals surface area (Å²) in [5.41, 5.74) is 4.20. The van der Waals surface area contributed by atoms with Crippen molar-refractivity contribution in [2.45, 2.75) is 0 Å². The zero-order chi connectivity index (χ0) is 30.7. The Morgan fingerprint density at radius 2 is 0.848 bits per heavy atom. The highest BCUT2D eigenvalue weighted by Gasteiger charge is 2.30. The van der Waals surface area contributed by atoms with Gasteiger partial charge in [-0.05, 0) is 33.2 Å². The van der Waals surface area contributed by atoms with E-state index in [1.54, 1.807) is 0 Å². The van der Waals surface area contributed by atoms with Crippen LogP contribution in [0.15, 0.2) is 170 Å². The van der Waals surface area contributed by atoms with Crippen LogP contribution < -0.4 is 15.9 Å². The molecule has 0 aliphatic carbocycles. The fourth-order valence-electron chi connectivity index (χ4n) is 7.02. The number of aromatic nitrogens is 1. The van der Waals surface area contributed by atoms with Crippen LogP contribution in [0.5, 0.6) is 0 Å². The van der Waals surface area contributed by atoms with Gasteiger partial charge < -0.3 is 4.57 Å². The number of nitrogens with zero attached hydrogens (tertiary/aromatic N) is 1. The van der Waals surface area contributed by atoms with E-state index < -0.39 is 7.14 Å². The van der Waals surface area contributed by atoms with Crippen molar-refractivity contribution in [2.24, 2.45) is 0 Å². The van der Waals surface area contributed by atoms with Crippen molar-refractivity contribution in [1.29, 1.82) is 0 Å². The normalized spacial score (nSPS) is 13.0. The molecular weight excluding hydrogens is 577 g/mol. The second-order valence-corrected chi connectivity index (χ2v) is 14.6. The highest BCUT2D eigenvalue weighted by atomic mass is 31.2. The molecule has 1 aromatic heterocycles. The average molecular weight is 606 g/mol. The van der Waals surface area contributed by atoms with E-state index in [0.717, 1.165) is 70.4 Å². The van der Waals surface area contributed by atoms with E-state index in [2.05, 4.69) is 121 Å². The van der Waals surface area contributed by atoms with Crippen molar-refractivity contribution in [1.82, 2.24) is 4.98 Å². The Labute approximate surface area is 267 Å². The summed E-state index contributed by atoms with van der Waals surface area (Å²) in [6, 6.07) is 58.5. The van der Waals surface area contributed by atoms with Gasteiger partial charge in [0.15, 0.2) is 7.14 Å². The van der Waals surface area contributed by atoms with E-state index >= 15 is 4.57 Å². The number of benzene rings is 8. The number of hydrogen-bond acceptors (Lipinski definition) is 2. The molecule has 0 bridgehead atoms. The molecule has 0 saturated heterocycles. The first-order valence-electron chi connectivity index (χ1n) is 15.6. The van der Waals surface area contributed by atoms with Gasteiger partial charge in [0.25, 0.3) is 0 Å². The lowest BCUT2D eigenvalue weighted by atomic mass is 9.92. The quantitative estimate of drug-likeness (QED) is 0.114. The minimum absolute atomic E-state index is 0.816. The summed E-state index contributed by atoms with van der Waals surface area (Å²) in [5.74, 6) is 0. The van der Waals surface area contributed by atoms with Gasteiger partial charge in [0.05, 0.1) is 11.0 Å². The molecule has 9 aromatic rings. The molecule has 8 aromatic carbocycles. The molecule has 9 rings (SSSR count). The lowest BCUT2D eigenvalue weighted by molar-refractivity contribution is 0.592. The molecule has 0 fully saturated rings. The van der Waals surface area contributed by atoms with Crippen molar-refractivity contribution in [3.05, 3.63) is 170 Å². The van der Waals surface area contributed by atoms with Gasteiger partial charge in [0, 0.05) is 43.0 Å². The fraction of sp³-hybridized carbons (Fsp3) is 0. The summed E-state index contributed by atoms with van der Waals surface area (Å²) in [5, 5.41) is 11.5. The third-order valence-corrected chi connectivity index (χ3v) is 12.4. The third-order valence-electron chi connectivity index (χ3n) is 9.30. The monoisotopic (exact) mass is 605 g/mol. The summed E-state index contributed by atoms with van der Waals surface area (Å²) in [4.78, 5) is 5.34. The zero-order valence-electron chi connectivity index (χ0n) is 25.0. The molecule has 0 amide bonds. The first-order chi connectivity index (χ1) is 22.7. The van der Waals surface area contributed by atoms with Gasteiger partial charge in [-0.2, -0.15) is 0 Å². The van der Waals surface area contributed by atoms with Gasteiger partial charge in [-0.1, -0.05) is 164 Å². The largest absolute Gasteiger partial charge is 0.309 e. The molecule has 0 saturated carbocycles. The Kier molecular flexibility index (Phi) is 6.13. The highest BCUT2D eigenvalue weighted by molar-refractivity contribution is 7.85. The van der Waals surface area contributed by atoms with E-state index in [1.165, 1.54) is 10.8 Å². The van der Waals surface area contributed by atoms with Crippen LogP contribution in [0.4, 0.5) is 0 Å². The van der Waals surface area contributed by atoms with Gasteiger partial charge in [-0.15, -0.1) is 0 Å². The average Bonchev–Trinajstić information content (AvgIpc) is 3.13. The number of fused-ring (bicyclic) bond motifs is 7. The SMILES string of the molecule is O=P(c1ccccc1)(c1ccc(-c2c3ccc4ccccc4c3nc3c2ccc2ccccc23)cc1)c1ccc2ccccc2c1. The van der Waals surface area contributed by atoms with Crippen molar-refractivity contribution < 1.29 is 4.57 Å². The Bertz CT molecular complexity index is 2570. The lowest BCUT2D eigenvalue weighted by Gasteiger charge is -2.21. The maximum atomic E-state index is 15.4. The van der Waals surface area contributed by atoms with E-state index in [4.69, 9.17) is 4.98 Å². The summed E-state index contributed by atoms with van der Waals surface area (Å²) < 4.78 is 15.4. The van der Waals surface area contributed by atoms with Gasteiger partial charge in [0.1, 0.15) is 0 Å². The lowest BCUT2D eigenvalue weighted by Crippen LogP contribution is -2.25. The topological polar surface area (TPSA) is 30.0 Å². The van der Waals surface area contributed by atoms with Crippen molar-refractivity contribution in [3.63, 3.8) is 0 Å². The van der Waals surface area contributed by atoms with Crippen LogP contribution >= 0.6 is 7.14 Å². The van der Waals surface area contributed by atoms with Gasteiger partial charge in [-0.3, -0.25) is 0 Å². The molecule has 1 unspecified atom stereocenters. The van der Waals surface area contributed by atoms with Crippen LogP contribution in [0.25, 0.3) is 65.3 Å². The predicted octanol–water partition coefficient (Wildman–Crippen LogP) is 10.2. The second kappa shape index (κ2) is 10.5. The molecule has 46 heavy (non-hydrogen) atoms. The fourth-order valence-corrected chi connectivity index (χ4v) is 9.68. The van der Waals surface area contributed by atoms with Crippen LogP contribution in [0.2, 0.25) is 0 Å². The highest BCUT2D eigenvalue weighted by Crippen LogP contribution is 2.44. The van der Waals surface area contributed by atoms with Gasteiger partial charge in [-0.25, -0.2) is 4.98 Å². The Morgan fingerprint density at radius 1 is 0.370 bits per heavy atom. The Hall–Kier alpha value is -5.56. The molecule has 1 atom stereocenters. The van der Waals surface area contributed by atoms with Crippen molar-refractivity contribution in [2.75, 3.05) is 0 Å². The third kappa shape index (κ3) is 4.11. The van der Waals surface area contributed by atoms with E-state index in [-0.39, 0.29) is 0 Å². The van der Waals surface area contributed by atoms with Crippen LogP contribution in [-0.2, 0) is 4.57 Å².